The van der Waals surface area contributed by atoms with Crippen molar-refractivity contribution < 1.29 is 24.5 Å². The number of carboxylic acids is 2. The Hall–Kier alpha value is -2.82. The number of para-hydroxylation sites is 1. The zero-order valence-corrected chi connectivity index (χ0v) is 15.6. The molecule has 1 saturated carbocycles. The van der Waals surface area contributed by atoms with Crippen LogP contribution in [0.1, 0.15) is 70.5 Å². The Kier molecular flexibility index (Phi) is 5.22. The van der Waals surface area contributed by atoms with Crippen molar-refractivity contribution >= 4 is 11.9 Å². The van der Waals surface area contributed by atoms with Crippen LogP contribution in [0.4, 0.5) is 0 Å². The van der Waals surface area contributed by atoms with E-state index in [-0.39, 0.29) is 16.5 Å². The minimum absolute atomic E-state index is 0.0133. The van der Waals surface area contributed by atoms with Crippen LogP contribution in [0.15, 0.2) is 36.4 Å². The third-order valence-electron chi connectivity index (χ3n) is 5.17. The maximum absolute atomic E-state index is 11.7. The number of aromatic carboxylic acids is 2. The summed E-state index contributed by atoms with van der Waals surface area (Å²) in [4.78, 5) is 22.8. The molecule has 0 atom stereocenters. The quantitative estimate of drug-likeness (QED) is 0.716. The summed E-state index contributed by atoms with van der Waals surface area (Å²) in [6.07, 6.45) is 3.50. The van der Waals surface area contributed by atoms with E-state index in [1.54, 1.807) is 6.07 Å². The SMILES string of the molecule is CCCOc1c(Cc2ccc(C(=O)O)cc2C(=O)O)cccc1C1(C)CC1. The topological polar surface area (TPSA) is 83.8 Å². The normalized spacial score (nSPS) is 14.6. The summed E-state index contributed by atoms with van der Waals surface area (Å²) in [5, 5.41) is 18.7. The van der Waals surface area contributed by atoms with Crippen molar-refractivity contribution in [2.45, 2.75) is 44.9 Å². The van der Waals surface area contributed by atoms with Crippen molar-refractivity contribution in [3.05, 3.63) is 64.2 Å². The molecule has 0 aromatic heterocycles. The summed E-state index contributed by atoms with van der Waals surface area (Å²) in [6.45, 7) is 4.87. The molecule has 27 heavy (non-hydrogen) atoms. The van der Waals surface area contributed by atoms with Crippen LogP contribution >= 0.6 is 0 Å². The standard InChI is InChI=1S/C22H24O5/c1-3-11-27-19-15(5-4-6-18(19)22(2)9-10-22)12-14-7-8-16(20(23)24)13-17(14)21(25)26/h4-8,13H,3,9-12H2,1-2H3,(H,23,24)(H,25,26). The number of ether oxygens (including phenoxy) is 1. The van der Waals surface area contributed by atoms with Crippen molar-refractivity contribution in [2.24, 2.45) is 0 Å². The largest absolute Gasteiger partial charge is 0.493 e. The van der Waals surface area contributed by atoms with Crippen molar-refractivity contribution in [3.8, 4) is 5.75 Å². The van der Waals surface area contributed by atoms with E-state index in [2.05, 4.69) is 13.0 Å². The van der Waals surface area contributed by atoms with E-state index in [1.165, 1.54) is 17.7 Å². The second kappa shape index (κ2) is 7.43. The fourth-order valence-electron chi connectivity index (χ4n) is 3.30. The molecule has 3 rings (SSSR count). The maximum Gasteiger partial charge on any atom is 0.336 e. The van der Waals surface area contributed by atoms with Gasteiger partial charge in [-0.1, -0.05) is 38.1 Å². The van der Waals surface area contributed by atoms with Crippen LogP contribution in [-0.2, 0) is 11.8 Å². The average Bonchev–Trinajstić information content (AvgIpc) is 3.39. The molecule has 2 aromatic rings. The second-order valence-electron chi connectivity index (χ2n) is 7.36. The smallest absolute Gasteiger partial charge is 0.336 e. The summed E-state index contributed by atoms with van der Waals surface area (Å²) in [5.74, 6) is -1.42. The summed E-state index contributed by atoms with van der Waals surface area (Å²) in [7, 11) is 0. The third kappa shape index (κ3) is 3.97. The van der Waals surface area contributed by atoms with Gasteiger partial charge in [0.25, 0.3) is 0 Å². The van der Waals surface area contributed by atoms with E-state index in [1.807, 2.05) is 19.1 Å². The lowest BCUT2D eigenvalue weighted by Gasteiger charge is -2.20. The van der Waals surface area contributed by atoms with Gasteiger partial charge >= 0.3 is 11.9 Å². The van der Waals surface area contributed by atoms with Gasteiger partial charge in [-0.15, -0.1) is 0 Å². The van der Waals surface area contributed by atoms with Crippen LogP contribution in [0, 0.1) is 0 Å². The highest BCUT2D eigenvalue weighted by Crippen LogP contribution is 2.51. The lowest BCUT2D eigenvalue weighted by molar-refractivity contribution is 0.0695. The first-order chi connectivity index (χ1) is 12.9. The van der Waals surface area contributed by atoms with Crippen molar-refractivity contribution in [1.29, 1.82) is 0 Å². The molecule has 0 saturated heterocycles. The minimum atomic E-state index is -1.14. The van der Waals surface area contributed by atoms with Crippen molar-refractivity contribution in [2.75, 3.05) is 6.61 Å². The highest BCUT2D eigenvalue weighted by atomic mass is 16.5. The van der Waals surface area contributed by atoms with Gasteiger partial charge in [-0.05, 0) is 47.9 Å². The molecular formula is C22H24O5. The Balaban J connectivity index is 2.02. The van der Waals surface area contributed by atoms with E-state index in [0.29, 0.717) is 18.6 Å². The molecule has 0 amide bonds. The predicted molar refractivity (Wildman–Crippen MR) is 102 cm³/mol. The monoisotopic (exact) mass is 368 g/mol. The summed E-state index contributed by atoms with van der Waals surface area (Å²) in [5.41, 5.74) is 2.79. The van der Waals surface area contributed by atoms with E-state index in [4.69, 9.17) is 9.84 Å². The lowest BCUT2D eigenvalue weighted by atomic mass is 9.91. The van der Waals surface area contributed by atoms with Gasteiger partial charge in [0.1, 0.15) is 5.75 Å². The molecule has 0 heterocycles. The van der Waals surface area contributed by atoms with Crippen LogP contribution in [0.5, 0.6) is 5.75 Å². The molecule has 1 fully saturated rings. The zero-order chi connectivity index (χ0) is 19.6. The number of benzene rings is 2. The van der Waals surface area contributed by atoms with E-state index >= 15 is 0 Å². The number of hydrogen-bond acceptors (Lipinski definition) is 3. The van der Waals surface area contributed by atoms with Gasteiger partial charge in [0, 0.05) is 12.0 Å². The molecule has 2 N–H and O–H groups in total. The highest BCUT2D eigenvalue weighted by molar-refractivity contribution is 5.95. The van der Waals surface area contributed by atoms with Gasteiger partial charge in [-0.25, -0.2) is 9.59 Å². The Morgan fingerprint density at radius 2 is 1.81 bits per heavy atom. The van der Waals surface area contributed by atoms with Gasteiger partial charge < -0.3 is 14.9 Å². The minimum Gasteiger partial charge on any atom is -0.493 e. The third-order valence-corrected chi connectivity index (χ3v) is 5.17. The average molecular weight is 368 g/mol. The van der Waals surface area contributed by atoms with Crippen molar-refractivity contribution in [1.82, 2.24) is 0 Å². The van der Waals surface area contributed by atoms with Gasteiger partial charge in [0.2, 0.25) is 0 Å². The maximum atomic E-state index is 11.7. The molecule has 1 aliphatic carbocycles. The van der Waals surface area contributed by atoms with Crippen LogP contribution in [0.25, 0.3) is 0 Å². The fraction of sp³-hybridized carbons (Fsp3) is 0.364. The number of hydrogen-bond donors (Lipinski definition) is 2. The molecule has 0 spiro atoms. The Bertz CT molecular complexity index is 880. The van der Waals surface area contributed by atoms with E-state index in [9.17, 15) is 14.7 Å². The number of carboxylic acid groups (broad SMARTS) is 2. The summed E-state index contributed by atoms with van der Waals surface area (Å²) < 4.78 is 6.08. The molecule has 0 radical (unpaired) electrons. The molecule has 5 heteroatoms. The molecule has 5 nitrogen and oxygen atoms in total. The molecule has 0 bridgehead atoms. The number of rotatable bonds is 8. The Morgan fingerprint density at radius 3 is 2.41 bits per heavy atom. The molecule has 142 valence electrons. The molecule has 2 aromatic carbocycles. The molecule has 0 unspecified atom stereocenters. The number of carbonyl (C=O) groups is 2. The van der Waals surface area contributed by atoms with Gasteiger partial charge in [0.05, 0.1) is 17.7 Å². The fourth-order valence-corrected chi connectivity index (χ4v) is 3.30. The van der Waals surface area contributed by atoms with Crippen molar-refractivity contribution in [3.63, 3.8) is 0 Å². The van der Waals surface area contributed by atoms with E-state index in [0.717, 1.165) is 30.6 Å². The first-order valence-electron chi connectivity index (χ1n) is 9.20. The molecule has 1 aliphatic rings. The first kappa shape index (κ1) is 19.0. The van der Waals surface area contributed by atoms with Crippen LogP contribution in [-0.4, -0.2) is 28.8 Å². The first-order valence-corrected chi connectivity index (χ1v) is 9.20. The van der Waals surface area contributed by atoms with Crippen LogP contribution < -0.4 is 4.74 Å². The van der Waals surface area contributed by atoms with E-state index < -0.39 is 11.9 Å². The second-order valence-corrected chi connectivity index (χ2v) is 7.36. The summed E-state index contributed by atoms with van der Waals surface area (Å²) in [6, 6.07) is 10.3. The molecular weight excluding hydrogens is 344 g/mol. The Morgan fingerprint density at radius 1 is 1.07 bits per heavy atom. The predicted octanol–water partition coefficient (Wildman–Crippen LogP) is 4.51. The van der Waals surface area contributed by atoms with Gasteiger partial charge in [-0.2, -0.15) is 0 Å². The zero-order valence-electron chi connectivity index (χ0n) is 15.6. The van der Waals surface area contributed by atoms with Gasteiger partial charge in [0.15, 0.2) is 0 Å². The van der Waals surface area contributed by atoms with Gasteiger partial charge in [-0.3, -0.25) is 0 Å². The summed E-state index contributed by atoms with van der Waals surface area (Å²) >= 11 is 0. The lowest BCUT2D eigenvalue weighted by Crippen LogP contribution is -2.10. The highest BCUT2D eigenvalue weighted by Gasteiger charge is 2.41. The van der Waals surface area contributed by atoms with Crippen LogP contribution in [0.3, 0.4) is 0 Å². The van der Waals surface area contributed by atoms with Crippen LogP contribution in [0.2, 0.25) is 0 Å². The Labute approximate surface area is 158 Å². The molecule has 0 aliphatic heterocycles.